The van der Waals surface area contributed by atoms with E-state index in [0.29, 0.717) is 31.6 Å². The van der Waals surface area contributed by atoms with Crippen molar-refractivity contribution in [1.29, 1.82) is 0 Å². The molecule has 2 aliphatic rings. The SMILES string of the molecule is CCOC(=O)C1CCC=CCCCCCN(Cc2ccc(OC)cc2)C(=O)N2CC(Oc3cc(-c4ccccc4)nc(OC)n3)CC2C(=O)N1. The molecule has 1 saturated heterocycles. The third-order valence-electron chi connectivity index (χ3n) is 8.81. The Kier molecular flexibility index (Phi) is 13.0. The standard InChI is InChI=1S/C38H47N5O7/c1-4-49-36(45)31-17-13-8-6-5-7-9-14-22-42(25-27-18-20-29(47-2)21-19-27)38(46)43-26-30(23-33(43)35(44)39-31)50-34-24-32(40-37(41-34)48-3)28-15-11-10-12-16-28/h6,8,10-12,15-16,18-21,24,30-31,33H,4-5,7,9,13-14,17,22-23,25-26H2,1-3H3,(H,39,44). The van der Waals surface area contributed by atoms with E-state index in [4.69, 9.17) is 18.9 Å². The summed E-state index contributed by atoms with van der Waals surface area (Å²) >= 11 is 0. The Balaban J connectivity index is 1.45. The van der Waals surface area contributed by atoms with Crippen LogP contribution >= 0.6 is 0 Å². The summed E-state index contributed by atoms with van der Waals surface area (Å²) in [5.41, 5.74) is 2.41. The molecule has 3 atom stereocenters. The molecule has 3 aromatic rings. The van der Waals surface area contributed by atoms with E-state index in [-0.39, 0.29) is 37.5 Å². The average molecular weight is 686 g/mol. The summed E-state index contributed by atoms with van der Waals surface area (Å²) in [5, 5.41) is 2.91. The van der Waals surface area contributed by atoms with E-state index in [1.807, 2.05) is 54.6 Å². The zero-order valence-corrected chi connectivity index (χ0v) is 29.1. The summed E-state index contributed by atoms with van der Waals surface area (Å²) in [7, 11) is 3.10. The number of hydrogen-bond acceptors (Lipinski definition) is 9. The van der Waals surface area contributed by atoms with Crippen LogP contribution in [0.25, 0.3) is 11.3 Å². The van der Waals surface area contributed by atoms with Crippen LogP contribution in [0.1, 0.15) is 57.4 Å². The quantitative estimate of drug-likeness (QED) is 0.227. The number of carbonyl (C=O) groups is 3. The molecular formula is C38H47N5O7. The van der Waals surface area contributed by atoms with Crippen LogP contribution in [-0.2, 0) is 20.9 Å². The van der Waals surface area contributed by atoms with Crippen molar-refractivity contribution in [3.63, 3.8) is 0 Å². The minimum absolute atomic E-state index is 0.135. The van der Waals surface area contributed by atoms with Crippen LogP contribution in [-0.4, -0.2) is 89.8 Å². The fourth-order valence-corrected chi connectivity index (χ4v) is 6.20. The number of rotatable bonds is 9. The lowest BCUT2D eigenvalue weighted by molar-refractivity contribution is -0.148. The van der Waals surface area contributed by atoms with Crippen LogP contribution in [0.4, 0.5) is 4.79 Å². The van der Waals surface area contributed by atoms with Gasteiger partial charge in [0, 0.05) is 31.1 Å². The van der Waals surface area contributed by atoms with Gasteiger partial charge in [0.1, 0.15) is 23.9 Å². The summed E-state index contributed by atoms with van der Waals surface area (Å²) in [6.07, 6.45) is 8.40. The Morgan fingerprint density at radius 3 is 2.46 bits per heavy atom. The van der Waals surface area contributed by atoms with Crippen LogP contribution in [0.2, 0.25) is 0 Å². The minimum atomic E-state index is -0.899. The second-order valence-electron chi connectivity index (χ2n) is 12.4. The molecule has 3 unspecified atom stereocenters. The van der Waals surface area contributed by atoms with Gasteiger partial charge in [-0.25, -0.2) is 9.59 Å². The van der Waals surface area contributed by atoms with E-state index >= 15 is 0 Å². The zero-order chi connectivity index (χ0) is 35.3. The van der Waals surface area contributed by atoms with E-state index in [2.05, 4.69) is 27.4 Å². The van der Waals surface area contributed by atoms with Gasteiger partial charge in [-0.05, 0) is 56.7 Å². The number of fused-ring (bicyclic) bond motifs is 1. The van der Waals surface area contributed by atoms with E-state index in [9.17, 15) is 14.4 Å². The largest absolute Gasteiger partial charge is 0.497 e. The predicted molar refractivity (Wildman–Crippen MR) is 188 cm³/mol. The van der Waals surface area contributed by atoms with Crippen molar-refractivity contribution in [2.45, 2.75) is 76.6 Å². The monoisotopic (exact) mass is 685 g/mol. The molecule has 1 N–H and O–H groups in total. The maximum atomic E-state index is 14.5. The number of carbonyl (C=O) groups excluding carboxylic acids is 3. The lowest BCUT2D eigenvalue weighted by atomic mass is 10.1. The molecule has 0 saturated carbocycles. The molecule has 5 rings (SSSR count). The number of methoxy groups -OCH3 is 2. The van der Waals surface area contributed by atoms with Gasteiger partial charge in [0.15, 0.2) is 0 Å². The summed E-state index contributed by atoms with van der Waals surface area (Å²) in [4.78, 5) is 53.8. The Labute approximate surface area is 293 Å². The second kappa shape index (κ2) is 18.0. The number of benzene rings is 2. The number of urea groups is 1. The molecule has 3 heterocycles. The molecular weight excluding hydrogens is 638 g/mol. The molecule has 50 heavy (non-hydrogen) atoms. The number of aromatic nitrogens is 2. The van der Waals surface area contributed by atoms with E-state index in [0.717, 1.165) is 42.6 Å². The normalized spacial score (nSPS) is 20.5. The molecule has 12 nitrogen and oxygen atoms in total. The molecule has 2 aliphatic heterocycles. The van der Waals surface area contributed by atoms with Gasteiger partial charge in [-0.3, -0.25) is 4.79 Å². The molecule has 1 aromatic heterocycles. The Morgan fingerprint density at radius 2 is 1.72 bits per heavy atom. The number of amides is 3. The maximum absolute atomic E-state index is 14.5. The number of allylic oxidation sites excluding steroid dienone is 2. The van der Waals surface area contributed by atoms with Crippen LogP contribution in [0.5, 0.6) is 17.6 Å². The first kappa shape index (κ1) is 36.2. The predicted octanol–water partition coefficient (Wildman–Crippen LogP) is 5.56. The van der Waals surface area contributed by atoms with Gasteiger partial charge < -0.3 is 34.1 Å². The van der Waals surface area contributed by atoms with Crippen molar-refractivity contribution in [2.24, 2.45) is 0 Å². The first-order valence-corrected chi connectivity index (χ1v) is 17.3. The lowest BCUT2D eigenvalue weighted by Crippen LogP contribution is -2.53. The number of nitrogens with one attached hydrogen (secondary N) is 1. The number of nitrogens with zero attached hydrogens (tertiary/aromatic N) is 4. The maximum Gasteiger partial charge on any atom is 0.328 e. The van der Waals surface area contributed by atoms with Gasteiger partial charge in [-0.1, -0.05) is 61.0 Å². The van der Waals surface area contributed by atoms with Gasteiger partial charge in [-0.2, -0.15) is 9.97 Å². The van der Waals surface area contributed by atoms with Gasteiger partial charge in [-0.15, -0.1) is 0 Å². The van der Waals surface area contributed by atoms with Gasteiger partial charge in [0.25, 0.3) is 0 Å². The van der Waals surface area contributed by atoms with Gasteiger partial charge in [0.05, 0.1) is 33.1 Å². The summed E-state index contributed by atoms with van der Waals surface area (Å²) < 4.78 is 22.4. The minimum Gasteiger partial charge on any atom is -0.497 e. The fourth-order valence-electron chi connectivity index (χ4n) is 6.20. The second-order valence-corrected chi connectivity index (χ2v) is 12.4. The van der Waals surface area contributed by atoms with Crippen molar-refractivity contribution >= 4 is 17.9 Å². The average Bonchev–Trinajstić information content (AvgIpc) is 3.56. The Bertz CT molecular complexity index is 1600. The molecule has 266 valence electrons. The van der Waals surface area contributed by atoms with Gasteiger partial charge in [0.2, 0.25) is 11.8 Å². The van der Waals surface area contributed by atoms with Crippen LogP contribution in [0.15, 0.2) is 72.8 Å². The molecule has 0 bridgehead atoms. The highest BCUT2D eigenvalue weighted by Crippen LogP contribution is 2.29. The lowest BCUT2D eigenvalue weighted by Gasteiger charge is -2.32. The molecule has 2 aromatic carbocycles. The molecule has 0 spiro atoms. The molecule has 0 radical (unpaired) electrons. The Morgan fingerprint density at radius 1 is 0.940 bits per heavy atom. The van der Waals surface area contributed by atoms with Crippen LogP contribution in [0, 0.1) is 0 Å². The van der Waals surface area contributed by atoms with E-state index in [1.165, 1.54) is 7.11 Å². The highest BCUT2D eigenvalue weighted by Gasteiger charge is 2.43. The first-order valence-electron chi connectivity index (χ1n) is 17.3. The first-order chi connectivity index (χ1) is 24.4. The summed E-state index contributed by atoms with van der Waals surface area (Å²) in [6, 6.07) is 17.0. The van der Waals surface area contributed by atoms with E-state index in [1.54, 1.807) is 29.9 Å². The third kappa shape index (κ3) is 9.73. The van der Waals surface area contributed by atoms with Crippen molar-refractivity contribution in [3.8, 4) is 28.9 Å². The molecule has 12 heteroatoms. The van der Waals surface area contributed by atoms with Crippen molar-refractivity contribution in [3.05, 3.63) is 78.4 Å². The molecule has 1 fully saturated rings. The van der Waals surface area contributed by atoms with Crippen molar-refractivity contribution in [2.75, 3.05) is 33.9 Å². The summed E-state index contributed by atoms with van der Waals surface area (Å²) in [5.74, 6) is 0.0547. The highest BCUT2D eigenvalue weighted by molar-refractivity contribution is 5.91. The van der Waals surface area contributed by atoms with Crippen LogP contribution < -0.4 is 19.5 Å². The fraction of sp³-hybridized carbons (Fsp3) is 0.447. The van der Waals surface area contributed by atoms with Crippen molar-refractivity contribution < 1.29 is 33.3 Å². The number of esters is 1. The Hall–Kier alpha value is -5.13. The van der Waals surface area contributed by atoms with E-state index < -0.39 is 30.1 Å². The van der Waals surface area contributed by atoms with Crippen molar-refractivity contribution in [1.82, 2.24) is 25.1 Å². The smallest absolute Gasteiger partial charge is 0.328 e. The number of hydrogen-bond donors (Lipinski definition) is 1. The molecule has 0 aliphatic carbocycles. The van der Waals surface area contributed by atoms with Crippen LogP contribution in [0.3, 0.4) is 0 Å². The highest BCUT2D eigenvalue weighted by atomic mass is 16.5. The zero-order valence-electron chi connectivity index (χ0n) is 29.1. The summed E-state index contributed by atoms with van der Waals surface area (Å²) in [6.45, 7) is 2.93. The molecule has 3 amide bonds. The number of ether oxygens (including phenoxy) is 4. The third-order valence-corrected chi connectivity index (χ3v) is 8.81. The van der Waals surface area contributed by atoms with Gasteiger partial charge >= 0.3 is 18.0 Å². The topological polar surface area (TPSA) is 132 Å².